The minimum atomic E-state index is -0.266. The highest BCUT2D eigenvalue weighted by Gasteiger charge is 2.12. The summed E-state index contributed by atoms with van der Waals surface area (Å²) in [5.41, 5.74) is 0.913. The molecule has 0 atom stereocenters. The molecule has 0 N–H and O–H groups in total. The number of Topliss-reactive ketones (excluding diaryl/α,β-unsaturated/α-hetero) is 2. The molecule has 0 radical (unpaired) electrons. The highest BCUT2D eigenvalue weighted by Crippen LogP contribution is 2.21. The van der Waals surface area contributed by atoms with E-state index in [-0.39, 0.29) is 18.2 Å². The van der Waals surface area contributed by atoms with Crippen LogP contribution in [0.15, 0.2) is 42.5 Å². The van der Waals surface area contributed by atoms with Crippen LogP contribution in [0.5, 0.6) is 5.75 Å². The van der Waals surface area contributed by atoms with Crippen LogP contribution in [0.3, 0.4) is 0 Å². The second-order valence-electron chi connectivity index (χ2n) is 4.42. The molecule has 0 unspecified atom stereocenters. The van der Waals surface area contributed by atoms with Crippen LogP contribution in [-0.4, -0.2) is 18.2 Å². The number of benzene rings is 2. The molecule has 2 aromatic rings. The van der Waals surface area contributed by atoms with Crippen molar-refractivity contribution in [2.75, 3.05) is 6.61 Å². The molecule has 0 aliphatic heterocycles. The summed E-state index contributed by atoms with van der Waals surface area (Å²) in [6, 6.07) is 11.3. The van der Waals surface area contributed by atoms with Crippen LogP contribution in [0.2, 0.25) is 10.0 Å². The third kappa shape index (κ3) is 4.06. The van der Waals surface area contributed by atoms with Crippen molar-refractivity contribution in [3.63, 3.8) is 0 Å². The van der Waals surface area contributed by atoms with E-state index in [4.69, 9.17) is 27.9 Å². The molecule has 3 nitrogen and oxygen atoms in total. The fourth-order valence-electron chi connectivity index (χ4n) is 1.72. The molecular weight excluding hydrogens is 311 g/mol. The zero-order chi connectivity index (χ0) is 15.4. The molecule has 0 bridgehead atoms. The highest BCUT2D eigenvalue weighted by molar-refractivity contribution is 6.35. The molecule has 21 heavy (non-hydrogen) atoms. The van der Waals surface area contributed by atoms with Gasteiger partial charge in [0.05, 0.1) is 5.02 Å². The van der Waals surface area contributed by atoms with Crippen molar-refractivity contribution in [3.05, 3.63) is 63.6 Å². The van der Waals surface area contributed by atoms with E-state index in [2.05, 4.69) is 0 Å². The van der Waals surface area contributed by atoms with Crippen LogP contribution >= 0.6 is 23.2 Å². The number of carbonyl (C=O) groups excluding carboxylic acids is 2. The van der Waals surface area contributed by atoms with Gasteiger partial charge in [-0.15, -0.1) is 0 Å². The lowest BCUT2D eigenvalue weighted by Gasteiger charge is -2.07. The van der Waals surface area contributed by atoms with Gasteiger partial charge in [-0.05, 0) is 49.4 Å². The Bertz CT molecular complexity index is 678. The minimum absolute atomic E-state index is 0.0247. The third-order valence-corrected chi connectivity index (χ3v) is 3.42. The lowest BCUT2D eigenvalue weighted by molar-refractivity contribution is 0.0920. The van der Waals surface area contributed by atoms with Crippen LogP contribution in [-0.2, 0) is 0 Å². The Hall–Kier alpha value is -1.84. The Labute approximate surface area is 132 Å². The number of halogens is 2. The predicted molar refractivity (Wildman–Crippen MR) is 82.7 cm³/mol. The Balaban J connectivity index is 2.04. The third-order valence-electron chi connectivity index (χ3n) is 2.86. The zero-order valence-electron chi connectivity index (χ0n) is 11.2. The summed E-state index contributed by atoms with van der Waals surface area (Å²) in [5.74, 6) is 0.216. The van der Waals surface area contributed by atoms with Crippen molar-refractivity contribution in [3.8, 4) is 5.75 Å². The van der Waals surface area contributed by atoms with Gasteiger partial charge in [0.15, 0.2) is 12.4 Å². The first kappa shape index (κ1) is 15.5. The molecule has 0 fully saturated rings. The van der Waals surface area contributed by atoms with Gasteiger partial charge in [0.2, 0.25) is 5.78 Å². The molecule has 0 spiro atoms. The Morgan fingerprint density at radius 1 is 1.05 bits per heavy atom. The van der Waals surface area contributed by atoms with Gasteiger partial charge in [0.1, 0.15) is 5.75 Å². The first-order valence-corrected chi connectivity index (χ1v) is 6.95. The first-order chi connectivity index (χ1) is 9.97. The molecule has 0 aromatic heterocycles. The second kappa shape index (κ2) is 6.74. The molecular formula is C16H12Cl2O3. The molecule has 2 rings (SSSR count). The number of carbonyl (C=O) groups is 2. The molecule has 5 heteroatoms. The zero-order valence-corrected chi connectivity index (χ0v) is 12.7. The van der Waals surface area contributed by atoms with E-state index in [9.17, 15) is 9.59 Å². The van der Waals surface area contributed by atoms with Crippen molar-refractivity contribution in [1.29, 1.82) is 0 Å². The largest absolute Gasteiger partial charge is 0.485 e. The van der Waals surface area contributed by atoms with Crippen LogP contribution in [0.4, 0.5) is 0 Å². The maximum absolute atomic E-state index is 12.0. The van der Waals surface area contributed by atoms with Gasteiger partial charge in [0.25, 0.3) is 0 Å². The summed E-state index contributed by atoms with van der Waals surface area (Å²) in [5, 5.41) is 0.772. The highest BCUT2D eigenvalue weighted by atomic mass is 35.5. The van der Waals surface area contributed by atoms with E-state index in [1.54, 1.807) is 36.4 Å². The average molecular weight is 323 g/mol. The van der Waals surface area contributed by atoms with Crippen molar-refractivity contribution < 1.29 is 14.3 Å². The van der Waals surface area contributed by atoms with Gasteiger partial charge in [0, 0.05) is 16.1 Å². The number of ether oxygens (including phenoxy) is 1. The van der Waals surface area contributed by atoms with E-state index in [0.29, 0.717) is 26.9 Å². The molecule has 2 aromatic carbocycles. The van der Waals surface area contributed by atoms with Gasteiger partial charge in [-0.2, -0.15) is 0 Å². The van der Waals surface area contributed by atoms with Crippen molar-refractivity contribution in [2.24, 2.45) is 0 Å². The van der Waals surface area contributed by atoms with E-state index < -0.39 is 0 Å². The summed E-state index contributed by atoms with van der Waals surface area (Å²) < 4.78 is 5.39. The topological polar surface area (TPSA) is 43.4 Å². The summed E-state index contributed by atoms with van der Waals surface area (Å²) >= 11 is 11.8. The van der Waals surface area contributed by atoms with Crippen LogP contribution in [0.1, 0.15) is 27.6 Å². The summed E-state index contributed by atoms with van der Waals surface area (Å²) in [6.07, 6.45) is 0. The lowest BCUT2D eigenvalue weighted by Crippen LogP contribution is -2.12. The second-order valence-corrected chi connectivity index (χ2v) is 5.26. The molecule has 0 saturated carbocycles. The first-order valence-electron chi connectivity index (χ1n) is 6.19. The maximum Gasteiger partial charge on any atom is 0.201 e. The molecule has 0 amide bonds. The number of rotatable bonds is 5. The molecule has 0 aliphatic carbocycles. The Morgan fingerprint density at radius 2 is 1.71 bits per heavy atom. The number of hydrogen-bond acceptors (Lipinski definition) is 3. The minimum Gasteiger partial charge on any atom is -0.485 e. The summed E-state index contributed by atoms with van der Waals surface area (Å²) in [4.78, 5) is 23.2. The van der Waals surface area contributed by atoms with E-state index >= 15 is 0 Å². The van der Waals surface area contributed by atoms with Crippen LogP contribution in [0, 0.1) is 0 Å². The SMILES string of the molecule is CC(=O)c1ccc(OCC(=O)c2cc(Cl)ccc2Cl)cc1. The molecule has 0 heterocycles. The van der Waals surface area contributed by atoms with Crippen molar-refractivity contribution in [1.82, 2.24) is 0 Å². The predicted octanol–water partition coefficient (Wildman–Crippen LogP) is 4.46. The van der Waals surface area contributed by atoms with Crippen LogP contribution < -0.4 is 4.74 Å². The van der Waals surface area contributed by atoms with Gasteiger partial charge < -0.3 is 4.74 Å². The molecule has 0 saturated heterocycles. The van der Waals surface area contributed by atoms with Gasteiger partial charge in [-0.3, -0.25) is 9.59 Å². The molecule has 0 aliphatic rings. The lowest BCUT2D eigenvalue weighted by atomic mass is 10.1. The standard InChI is InChI=1S/C16H12Cl2O3/c1-10(19)11-2-5-13(6-3-11)21-9-16(20)14-8-12(17)4-7-15(14)18/h2-8H,9H2,1H3. The monoisotopic (exact) mass is 322 g/mol. The Kier molecular flexibility index (Phi) is 4.99. The van der Waals surface area contributed by atoms with Crippen molar-refractivity contribution in [2.45, 2.75) is 6.92 Å². The number of hydrogen-bond donors (Lipinski definition) is 0. The number of ketones is 2. The Morgan fingerprint density at radius 3 is 2.33 bits per heavy atom. The van der Waals surface area contributed by atoms with Crippen LogP contribution in [0.25, 0.3) is 0 Å². The van der Waals surface area contributed by atoms with E-state index in [0.717, 1.165) is 0 Å². The fourth-order valence-corrected chi connectivity index (χ4v) is 2.12. The summed E-state index contributed by atoms with van der Waals surface area (Å²) in [7, 11) is 0. The van der Waals surface area contributed by atoms with E-state index in [1.165, 1.54) is 13.0 Å². The quantitative estimate of drug-likeness (QED) is 0.763. The maximum atomic E-state index is 12.0. The fraction of sp³-hybridized carbons (Fsp3) is 0.125. The van der Waals surface area contributed by atoms with Gasteiger partial charge in [-0.1, -0.05) is 23.2 Å². The molecule has 108 valence electrons. The van der Waals surface area contributed by atoms with E-state index in [1.807, 2.05) is 0 Å². The smallest absolute Gasteiger partial charge is 0.201 e. The van der Waals surface area contributed by atoms with Gasteiger partial charge in [-0.25, -0.2) is 0 Å². The van der Waals surface area contributed by atoms with Crippen molar-refractivity contribution >= 4 is 34.8 Å². The van der Waals surface area contributed by atoms with Gasteiger partial charge >= 0.3 is 0 Å². The summed E-state index contributed by atoms with van der Waals surface area (Å²) in [6.45, 7) is 1.33. The average Bonchev–Trinajstić information content (AvgIpc) is 2.47. The normalized spacial score (nSPS) is 10.2.